The van der Waals surface area contributed by atoms with Crippen LogP contribution in [0.1, 0.15) is 28.0 Å². The highest BCUT2D eigenvalue weighted by Gasteiger charge is 2.12. The van der Waals surface area contributed by atoms with Crippen molar-refractivity contribution in [2.45, 2.75) is 20.5 Å². The van der Waals surface area contributed by atoms with Gasteiger partial charge in [0, 0.05) is 16.8 Å². The molecule has 2 aromatic carbocycles. The van der Waals surface area contributed by atoms with E-state index in [1.165, 1.54) is 0 Å². The van der Waals surface area contributed by atoms with E-state index in [1.54, 1.807) is 6.21 Å². The third-order valence-electron chi connectivity index (χ3n) is 3.99. The number of nitrogens with zero attached hydrogens (tertiary/aromatic N) is 2. The van der Waals surface area contributed by atoms with Gasteiger partial charge in [-0.2, -0.15) is 5.26 Å². The van der Waals surface area contributed by atoms with E-state index in [9.17, 15) is 5.26 Å². The maximum absolute atomic E-state index is 9.24. The Labute approximate surface area is 157 Å². The molecule has 1 heterocycles. The first-order valence-electron chi connectivity index (χ1n) is 8.08. The second kappa shape index (κ2) is 7.90. The van der Waals surface area contributed by atoms with Gasteiger partial charge in [-0.1, -0.05) is 35.9 Å². The second-order valence-corrected chi connectivity index (χ2v) is 6.26. The number of halogens is 1. The summed E-state index contributed by atoms with van der Waals surface area (Å²) in [5.74, 6) is 1.76. The Morgan fingerprint density at radius 2 is 1.96 bits per heavy atom. The van der Waals surface area contributed by atoms with Crippen LogP contribution in [0.3, 0.4) is 0 Å². The molecule has 0 unspecified atom stereocenters. The zero-order valence-electron chi connectivity index (χ0n) is 14.5. The zero-order valence-corrected chi connectivity index (χ0v) is 15.2. The van der Waals surface area contributed by atoms with Crippen molar-refractivity contribution < 1.29 is 9.15 Å². The first kappa shape index (κ1) is 17.8. The summed E-state index contributed by atoms with van der Waals surface area (Å²) in [7, 11) is 0. The van der Waals surface area contributed by atoms with Crippen LogP contribution in [0.5, 0.6) is 5.75 Å². The number of ether oxygens (including phenoxy) is 1. The predicted octanol–water partition coefficient (Wildman–Crippen LogP) is 5.75. The number of aliphatic imine (C=N–C) groups is 1. The maximum Gasteiger partial charge on any atom is 0.237 e. The molecule has 0 aliphatic carbocycles. The van der Waals surface area contributed by atoms with Crippen molar-refractivity contribution in [3.8, 4) is 11.8 Å². The molecule has 3 rings (SSSR count). The van der Waals surface area contributed by atoms with Crippen LogP contribution in [0, 0.1) is 25.2 Å². The molecule has 0 aliphatic heterocycles. The van der Waals surface area contributed by atoms with E-state index in [1.807, 2.05) is 62.4 Å². The number of rotatable bonds is 5. The summed E-state index contributed by atoms with van der Waals surface area (Å²) in [6.07, 6.45) is 1.66. The number of benzene rings is 2. The fourth-order valence-corrected chi connectivity index (χ4v) is 2.52. The molecular formula is C21H17ClN2O2. The lowest BCUT2D eigenvalue weighted by Crippen LogP contribution is -1.95. The highest BCUT2D eigenvalue weighted by Crippen LogP contribution is 2.28. The van der Waals surface area contributed by atoms with Crippen LogP contribution in [-0.4, -0.2) is 6.21 Å². The Hall–Kier alpha value is -3.03. The zero-order chi connectivity index (χ0) is 18.5. The summed E-state index contributed by atoms with van der Waals surface area (Å²) in [5.41, 5.74) is 3.18. The number of nitriles is 1. The van der Waals surface area contributed by atoms with E-state index in [0.717, 1.165) is 22.4 Å². The van der Waals surface area contributed by atoms with Gasteiger partial charge in [0.15, 0.2) is 0 Å². The number of furan rings is 1. The molecule has 0 saturated heterocycles. The summed E-state index contributed by atoms with van der Waals surface area (Å²) < 4.78 is 11.4. The summed E-state index contributed by atoms with van der Waals surface area (Å²) in [5, 5.41) is 9.94. The standard InChI is InChI=1S/C21H17ClN2O2/c1-14-15(2)26-21(20(14)11-23)24-12-17-4-3-5-19(10-17)25-13-16-6-8-18(22)9-7-16/h3-10,12H,13H2,1-2H3. The van der Waals surface area contributed by atoms with Crippen molar-refractivity contribution in [1.82, 2.24) is 0 Å². The van der Waals surface area contributed by atoms with Crippen LogP contribution < -0.4 is 4.74 Å². The fraction of sp³-hybridized carbons (Fsp3) is 0.143. The highest BCUT2D eigenvalue weighted by atomic mass is 35.5. The van der Waals surface area contributed by atoms with Gasteiger partial charge < -0.3 is 9.15 Å². The van der Waals surface area contributed by atoms with E-state index in [-0.39, 0.29) is 0 Å². The second-order valence-electron chi connectivity index (χ2n) is 5.82. The smallest absolute Gasteiger partial charge is 0.237 e. The third-order valence-corrected chi connectivity index (χ3v) is 4.24. The molecule has 130 valence electrons. The van der Waals surface area contributed by atoms with E-state index in [4.69, 9.17) is 20.8 Å². The van der Waals surface area contributed by atoms with Gasteiger partial charge in [0.1, 0.15) is 29.7 Å². The summed E-state index contributed by atoms with van der Waals surface area (Å²) in [6, 6.07) is 17.2. The Kier molecular flexibility index (Phi) is 5.40. The van der Waals surface area contributed by atoms with E-state index < -0.39 is 0 Å². The average molecular weight is 365 g/mol. The Morgan fingerprint density at radius 3 is 2.69 bits per heavy atom. The maximum atomic E-state index is 9.24. The number of hydrogen-bond donors (Lipinski definition) is 0. The molecule has 4 nitrogen and oxygen atoms in total. The molecule has 0 fully saturated rings. The van der Waals surface area contributed by atoms with Crippen LogP contribution in [0.2, 0.25) is 5.02 Å². The fourth-order valence-electron chi connectivity index (χ4n) is 2.40. The Bertz CT molecular complexity index is 982. The topological polar surface area (TPSA) is 58.5 Å². The van der Waals surface area contributed by atoms with E-state index in [0.29, 0.717) is 28.8 Å². The quantitative estimate of drug-likeness (QED) is 0.541. The lowest BCUT2D eigenvalue weighted by molar-refractivity contribution is 0.306. The monoisotopic (exact) mass is 364 g/mol. The number of hydrogen-bond acceptors (Lipinski definition) is 4. The molecule has 0 saturated carbocycles. The molecule has 0 amide bonds. The Balaban J connectivity index is 1.72. The van der Waals surface area contributed by atoms with Crippen LogP contribution in [0.15, 0.2) is 57.9 Å². The molecule has 3 aromatic rings. The first-order valence-corrected chi connectivity index (χ1v) is 8.46. The van der Waals surface area contributed by atoms with Gasteiger partial charge in [-0.3, -0.25) is 0 Å². The minimum atomic E-state index is 0.329. The van der Waals surface area contributed by atoms with Crippen molar-refractivity contribution in [3.05, 3.63) is 81.6 Å². The van der Waals surface area contributed by atoms with Crippen molar-refractivity contribution in [2.24, 2.45) is 4.99 Å². The highest BCUT2D eigenvalue weighted by molar-refractivity contribution is 6.30. The van der Waals surface area contributed by atoms with Gasteiger partial charge in [0.05, 0.1) is 0 Å². The van der Waals surface area contributed by atoms with Gasteiger partial charge in [-0.15, -0.1) is 0 Å². The van der Waals surface area contributed by atoms with Crippen molar-refractivity contribution in [2.75, 3.05) is 0 Å². The summed E-state index contributed by atoms with van der Waals surface area (Å²) in [6.45, 7) is 4.12. The molecule has 0 atom stereocenters. The van der Waals surface area contributed by atoms with Gasteiger partial charge in [0.2, 0.25) is 5.88 Å². The molecule has 0 N–H and O–H groups in total. The third kappa shape index (κ3) is 4.14. The van der Waals surface area contributed by atoms with Crippen LogP contribution in [-0.2, 0) is 6.61 Å². The van der Waals surface area contributed by atoms with Crippen LogP contribution >= 0.6 is 11.6 Å². The number of aryl methyl sites for hydroxylation is 1. The van der Waals surface area contributed by atoms with Crippen molar-refractivity contribution in [1.29, 1.82) is 5.26 Å². The molecule has 0 spiro atoms. The SMILES string of the molecule is Cc1oc(N=Cc2cccc(OCc3ccc(Cl)cc3)c2)c(C#N)c1C. The predicted molar refractivity (Wildman–Crippen MR) is 102 cm³/mol. The molecule has 0 bridgehead atoms. The average Bonchev–Trinajstić information content (AvgIpc) is 2.93. The summed E-state index contributed by atoms with van der Waals surface area (Å²) in [4.78, 5) is 4.31. The van der Waals surface area contributed by atoms with Crippen LogP contribution in [0.25, 0.3) is 0 Å². The minimum Gasteiger partial charge on any atom is -0.489 e. The largest absolute Gasteiger partial charge is 0.489 e. The molecule has 1 aromatic heterocycles. The van der Waals surface area contributed by atoms with Gasteiger partial charge in [-0.05, 0) is 49.2 Å². The molecule has 5 heteroatoms. The molecule has 26 heavy (non-hydrogen) atoms. The van der Waals surface area contributed by atoms with Gasteiger partial charge in [-0.25, -0.2) is 4.99 Å². The Morgan fingerprint density at radius 1 is 1.19 bits per heavy atom. The van der Waals surface area contributed by atoms with Gasteiger partial charge >= 0.3 is 0 Å². The minimum absolute atomic E-state index is 0.329. The van der Waals surface area contributed by atoms with Crippen molar-refractivity contribution >= 4 is 23.7 Å². The lowest BCUT2D eigenvalue weighted by atomic mass is 10.2. The molecular weight excluding hydrogens is 348 g/mol. The normalized spacial score (nSPS) is 10.8. The van der Waals surface area contributed by atoms with E-state index >= 15 is 0 Å². The molecule has 0 aliphatic rings. The van der Waals surface area contributed by atoms with Crippen LogP contribution in [0.4, 0.5) is 5.88 Å². The summed E-state index contributed by atoms with van der Waals surface area (Å²) >= 11 is 5.88. The van der Waals surface area contributed by atoms with E-state index in [2.05, 4.69) is 11.1 Å². The first-order chi connectivity index (χ1) is 12.6. The van der Waals surface area contributed by atoms with Gasteiger partial charge in [0.25, 0.3) is 0 Å². The molecule has 0 radical (unpaired) electrons. The van der Waals surface area contributed by atoms with Crippen molar-refractivity contribution in [3.63, 3.8) is 0 Å². The lowest BCUT2D eigenvalue weighted by Gasteiger charge is -2.07.